The van der Waals surface area contributed by atoms with Crippen LogP contribution >= 0.6 is 11.3 Å². The van der Waals surface area contributed by atoms with E-state index in [1.165, 1.54) is 35.6 Å². The fourth-order valence-corrected chi connectivity index (χ4v) is 2.50. The second-order valence-electron chi connectivity index (χ2n) is 4.54. The Hall–Kier alpha value is -2.02. The van der Waals surface area contributed by atoms with Crippen molar-refractivity contribution in [1.29, 1.82) is 0 Å². The Kier molecular flexibility index (Phi) is 5.62. The highest BCUT2D eigenvalue weighted by molar-refractivity contribution is 7.15. The summed E-state index contributed by atoms with van der Waals surface area (Å²) < 4.78 is 12.8. The molecule has 0 aliphatic carbocycles. The van der Waals surface area contributed by atoms with Crippen molar-refractivity contribution in [2.45, 2.75) is 32.6 Å². The molecule has 1 aromatic heterocycles. The number of carbonyl (C=O) groups is 1. The van der Waals surface area contributed by atoms with Gasteiger partial charge in [0.05, 0.1) is 0 Å². The topological polar surface area (TPSA) is 66.9 Å². The molecule has 0 aliphatic heterocycles. The van der Waals surface area contributed by atoms with E-state index in [9.17, 15) is 9.18 Å². The highest BCUT2D eigenvalue weighted by Gasteiger charge is 2.08. The van der Waals surface area contributed by atoms with Crippen LogP contribution in [0.4, 0.5) is 20.0 Å². The van der Waals surface area contributed by atoms with Gasteiger partial charge >= 0.3 is 6.03 Å². The molecule has 1 aromatic carbocycles. The lowest BCUT2D eigenvalue weighted by Gasteiger charge is -2.04. The minimum Gasteiger partial charge on any atom is -0.308 e. The minimum atomic E-state index is -0.419. The van der Waals surface area contributed by atoms with Crippen molar-refractivity contribution in [2.24, 2.45) is 0 Å². The number of rotatable bonds is 6. The molecule has 2 rings (SSSR count). The quantitative estimate of drug-likeness (QED) is 0.791. The van der Waals surface area contributed by atoms with Crippen LogP contribution in [0, 0.1) is 5.82 Å². The van der Waals surface area contributed by atoms with E-state index in [0.717, 1.165) is 30.7 Å². The van der Waals surface area contributed by atoms with Gasteiger partial charge in [-0.15, -0.1) is 10.2 Å². The van der Waals surface area contributed by atoms with E-state index in [4.69, 9.17) is 0 Å². The number of halogens is 1. The van der Waals surface area contributed by atoms with Crippen LogP contribution < -0.4 is 10.6 Å². The summed E-state index contributed by atoms with van der Waals surface area (Å²) in [7, 11) is 0. The molecule has 0 saturated carbocycles. The van der Waals surface area contributed by atoms with E-state index in [1.54, 1.807) is 0 Å². The monoisotopic (exact) mass is 308 g/mol. The zero-order valence-electron chi connectivity index (χ0n) is 11.7. The number of benzene rings is 1. The van der Waals surface area contributed by atoms with E-state index in [0.29, 0.717) is 10.8 Å². The predicted molar refractivity (Wildman–Crippen MR) is 82.2 cm³/mol. The van der Waals surface area contributed by atoms with Crippen molar-refractivity contribution in [3.05, 3.63) is 35.1 Å². The summed E-state index contributed by atoms with van der Waals surface area (Å²) in [5.74, 6) is -0.346. The van der Waals surface area contributed by atoms with Crippen LogP contribution in [0.5, 0.6) is 0 Å². The molecule has 2 N–H and O–H groups in total. The Morgan fingerprint density at radius 1 is 1.19 bits per heavy atom. The van der Waals surface area contributed by atoms with Gasteiger partial charge < -0.3 is 5.32 Å². The highest BCUT2D eigenvalue weighted by atomic mass is 32.1. The first-order valence-corrected chi connectivity index (χ1v) is 7.65. The Balaban J connectivity index is 1.83. The van der Waals surface area contributed by atoms with E-state index in [1.807, 2.05) is 0 Å². The van der Waals surface area contributed by atoms with Gasteiger partial charge in [-0.05, 0) is 30.7 Å². The smallest absolute Gasteiger partial charge is 0.308 e. The Labute approximate surface area is 126 Å². The van der Waals surface area contributed by atoms with Gasteiger partial charge in [0.25, 0.3) is 0 Å². The van der Waals surface area contributed by atoms with Crippen molar-refractivity contribution < 1.29 is 9.18 Å². The summed E-state index contributed by atoms with van der Waals surface area (Å²) in [6.45, 7) is 2.15. The van der Waals surface area contributed by atoms with Crippen molar-refractivity contribution in [3.8, 4) is 0 Å². The maximum Gasteiger partial charge on any atom is 0.325 e. The molecule has 0 saturated heterocycles. The lowest BCUT2D eigenvalue weighted by molar-refractivity contribution is 0.262. The summed E-state index contributed by atoms with van der Waals surface area (Å²) in [6.07, 6.45) is 4.27. The molecule has 2 amide bonds. The van der Waals surface area contributed by atoms with Gasteiger partial charge in [-0.2, -0.15) is 0 Å². The molecule has 0 spiro atoms. The first-order valence-electron chi connectivity index (χ1n) is 6.83. The fraction of sp³-hybridized carbons (Fsp3) is 0.357. The van der Waals surface area contributed by atoms with Crippen LogP contribution in [0.2, 0.25) is 0 Å². The van der Waals surface area contributed by atoms with Crippen molar-refractivity contribution in [3.63, 3.8) is 0 Å². The standard InChI is InChI=1S/C14H17FN4OS/c1-2-3-4-5-12-18-19-14(21-12)17-13(20)16-11-8-6-10(15)7-9-11/h6-9H,2-5H2,1H3,(H2,16,17,19,20). The first-order chi connectivity index (χ1) is 10.2. The van der Waals surface area contributed by atoms with E-state index < -0.39 is 6.03 Å². The van der Waals surface area contributed by atoms with Crippen LogP contribution in [-0.2, 0) is 6.42 Å². The number of anilines is 2. The number of nitrogens with one attached hydrogen (secondary N) is 2. The second kappa shape index (κ2) is 7.68. The maximum absolute atomic E-state index is 12.8. The number of aromatic nitrogens is 2. The molecule has 0 unspecified atom stereocenters. The largest absolute Gasteiger partial charge is 0.325 e. The molecule has 21 heavy (non-hydrogen) atoms. The Bertz CT molecular complexity index is 585. The summed E-state index contributed by atoms with van der Waals surface area (Å²) >= 11 is 1.37. The number of nitrogens with zero attached hydrogens (tertiary/aromatic N) is 2. The number of amides is 2. The molecule has 7 heteroatoms. The molecular formula is C14H17FN4OS. The van der Waals surface area contributed by atoms with Gasteiger partial charge in [-0.3, -0.25) is 5.32 Å². The van der Waals surface area contributed by atoms with Gasteiger partial charge in [0.2, 0.25) is 5.13 Å². The van der Waals surface area contributed by atoms with Gasteiger partial charge in [-0.25, -0.2) is 9.18 Å². The normalized spacial score (nSPS) is 10.4. The number of unbranched alkanes of at least 4 members (excludes halogenated alkanes) is 2. The number of hydrogen-bond donors (Lipinski definition) is 2. The van der Waals surface area contributed by atoms with E-state index in [-0.39, 0.29) is 5.82 Å². The average Bonchev–Trinajstić information content (AvgIpc) is 2.89. The third-order valence-electron chi connectivity index (χ3n) is 2.78. The van der Waals surface area contributed by atoms with Gasteiger partial charge in [-0.1, -0.05) is 31.1 Å². The zero-order chi connectivity index (χ0) is 15.1. The molecule has 0 radical (unpaired) electrons. The Morgan fingerprint density at radius 3 is 2.67 bits per heavy atom. The van der Waals surface area contributed by atoms with Crippen molar-refractivity contribution in [1.82, 2.24) is 10.2 Å². The molecule has 112 valence electrons. The summed E-state index contributed by atoms with van der Waals surface area (Å²) in [5.41, 5.74) is 0.515. The summed E-state index contributed by atoms with van der Waals surface area (Å²) in [4.78, 5) is 11.8. The molecule has 0 atom stereocenters. The summed E-state index contributed by atoms with van der Waals surface area (Å²) in [5, 5.41) is 14.6. The van der Waals surface area contributed by atoms with Crippen LogP contribution in [0.25, 0.3) is 0 Å². The van der Waals surface area contributed by atoms with Crippen LogP contribution in [0.3, 0.4) is 0 Å². The second-order valence-corrected chi connectivity index (χ2v) is 5.61. The molecule has 2 aromatic rings. The SMILES string of the molecule is CCCCCc1nnc(NC(=O)Nc2ccc(F)cc2)s1. The predicted octanol–water partition coefficient (Wildman–Crippen LogP) is 4.05. The third kappa shape index (κ3) is 5.11. The third-order valence-corrected chi connectivity index (χ3v) is 3.68. The molecule has 0 bridgehead atoms. The molecule has 0 fully saturated rings. The number of aryl methyl sites for hydroxylation is 1. The molecular weight excluding hydrogens is 291 g/mol. The van der Waals surface area contributed by atoms with E-state index >= 15 is 0 Å². The summed E-state index contributed by atoms with van der Waals surface area (Å²) in [6, 6.07) is 5.13. The van der Waals surface area contributed by atoms with Gasteiger partial charge in [0.15, 0.2) is 0 Å². The van der Waals surface area contributed by atoms with Gasteiger partial charge in [0.1, 0.15) is 10.8 Å². The molecule has 5 nitrogen and oxygen atoms in total. The average molecular weight is 308 g/mol. The van der Waals surface area contributed by atoms with Crippen LogP contribution in [0.15, 0.2) is 24.3 Å². The van der Waals surface area contributed by atoms with Crippen molar-refractivity contribution >= 4 is 28.2 Å². The van der Waals surface area contributed by atoms with Crippen LogP contribution in [-0.4, -0.2) is 16.2 Å². The zero-order valence-corrected chi connectivity index (χ0v) is 12.5. The number of urea groups is 1. The maximum atomic E-state index is 12.8. The molecule has 0 aliphatic rings. The van der Waals surface area contributed by atoms with Gasteiger partial charge in [0, 0.05) is 12.1 Å². The Morgan fingerprint density at radius 2 is 1.95 bits per heavy atom. The fourth-order valence-electron chi connectivity index (χ4n) is 1.72. The first kappa shape index (κ1) is 15.4. The minimum absolute atomic E-state index is 0.346. The number of carbonyl (C=O) groups excluding carboxylic acids is 1. The lowest BCUT2D eigenvalue weighted by atomic mass is 10.2. The molecule has 1 heterocycles. The number of hydrogen-bond acceptors (Lipinski definition) is 4. The highest BCUT2D eigenvalue weighted by Crippen LogP contribution is 2.18. The van der Waals surface area contributed by atoms with E-state index in [2.05, 4.69) is 27.8 Å². The van der Waals surface area contributed by atoms with Crippen LogP contribution in [0.1, 0.15) is 31.2 Å². The lowest BCUT2D eigenvalue weighted by Crippen LogP contribution is -2.19. The van der Waals surface area contributed by atoms with Crippen molar-refractivity contribution in [2.75, 3.05) is 10.6 Å².